The van der Waals surface area contributed by atoms with Crippen molar-refractivity contribution < 1.29 is 10.2 Å². The number of rotatable bonds is 5. The molecule has 0 bridgehead atoms. The summed E-state index contributed by atoms with van der Waals surface area (Å²) >= 11 is 6.59. The summed E-state index contributed by atoms with van der Waals surface area (Å²) in [5.41, 5.74) is 6.52. The molecule has 18 heavy (non-hydrogen) atoms. The summed E-state index contributed by atoms with van der Waals surface area (Å²) in [6.45, 7) is 2.06. The van der Waals surface area contributed by atoms with E-state index < -0.39 is 12.1 Å². The van der Waals surface area contributed by atoms with Crippen molar-refractivity contribution in [3.05, 3.63) is 26.6 Å². The van der Waals surface area contributed by atoms with E-state index >= 15 is 0 Å². The lowest BCUT2D eigenvalue weighted by atomic mass is 9.98. The second-order valence-corrected chi connectivity index (χ2v) is 5.83. The van der Waals surface area contributed by atoms with Crippen LogP contribution < -0.4 is 5.73 Å². The number of halogens is 3. The zero-order valence-electron chi connectivity index (χ0n) is 10.1. The van der Waals surface area contributed by atoms with Gasteiger partial charge >= 0.3 is 0 Å². The summed E-state index contributed by atoms with van der Waals surface area (Å²) in [4.78, 5) is 0. The summed E-state index contributed by atoms with van der Waals surface area (Å²) in [5.74, 6) is 0.0937. The number of nitrogens with two attached hydrogens (primary N) is 1. The zero-order chi connectivity index (χ0) is 13.0. The normalized spacial score (nSPS) is 13.8. The van der Waals surface area contributed by atoms with E-state index in [1.807, 2.05) is 0 Å². The minimum Gasteiger partial charge on any atom is -0.506 e. The van der Waals surface area contributed by atoms with Gasteiger partial charge in [0.25, 0.3) is 0 Å². The molecule has 0 heterocycles. The molecule has 0 aliphatic carbocycles. The second kappa shape index (κ2) is 8.38. The molecule has 4 N–H and O–H groups in total. The van der Waals surface area contributed by atoms with Crippen LogP contribution in [0.25, 0.3) is 0 Å². The van der Waals surface area contributed by atoms with E-state index in [9.17, 15) is 10.2 Å². The molecular weight excluding hydrogens is 385 g/mol. The standard InChI is InChI=1S/C12H17Br2NO2.ClH/c1-2-3-4-10(16)11(15)8-5-7(13)6-9(14)12(8)17;/h5-6,10-11,16-17H,2-4,15H2,1H3;1H/t10-,11+;/m1./s1. The number of aliphatic hydroxyl groups is 1. The van der Waals surface area contributed by atoms with Crippen LogP contribution in [0.1, 0.15) is 37.8 Å². The van der Waals surface area contributed by atoms with Crippen LogP contribution in [-0.4, -0.2) is 16.3 Å². The van der Waals surface area contributed by atoms with E-state index in [2.05, 4.69) is 38.8 Å². The van der Waals surface area contributed by atoms with E-state index in [1.165, 1.54) is 0 Å². The predicted molar refractivity (Wildman–Crippen MR) is 83.2 cm³/mol. The third-order valence-corrected chi connectivity index (χ3v) is 3.75. The number of phenols is 1. The molecule has 0 radical (unpaired) electrons. The first-order chi connectivity index (χ1) is 7.97. The number of aliphatic hydroxyl groups excluding tert-OH is 1. The minimum absolute atomic E-state index is 0. The summed E-state index contributed by atoms with van der Waals surface area (Å²) in [6.07, 6.45) is 1.94. The first-order valence-electron chi connectivity index (χ1n) is 5.59. The van der Waals surface area contributed by atoms with Crippen LogP contribution in [0.15, 0.2) is 21.1 Å². The van der Waals surface area contributed by atoms with Crippen molar-refractivity contribution in [2.24, 2.45) is 5.73 Å². The number of hydrogen-bond acceptors (Lipinski definition) is 3. The molecule has 0 aliphatic heterocycles. The summed E-state index contributed by atoms with van der Waals surface area (Å²) in [6, 6.07) is 2.90. The highest BCUT2D eigenvalue weighted by atomic mass is 79.9. The molecular formula is C12H18Br2ClNO2. The van der Waals surface area contributed by atoms with Gasteiger partial charge in [0, 0.05) is 10.0 Å². The van der Waals surface area contributed by atoms with E-state index in [1.54, 1.807) is 12.1 Å². The van der Waals surface area contributed by atoms with Gasteiger partial charge in [-0.25, -0.2) is 0 Å². The van der Waals surface area contributed by atoms with Crippen LogP contribution in [0.5, 0.6) is 5.75 Å². The minimum atomic E-state index is -0.637. The number of unbranched alkanes of at least 4 members (excludes halogenated alkanes) is 1. The summed E-state index contributed by atoms with van der Waals surface area (Å²) in [5, 5.41) is 19.8. The number of phenolic OH excluding ortho intramolecular Hbond substituents is 1. The fraction of sp³-hybridized carbons (Fsp3) is 0.500. The monoisotopic (exact) mass is 401 g/mol. The van der Waals surface area contributed by atoms with Crippen molar-refractivity contribution in [1.82, 2.24) is 0 Å². The lowest BCUT2D eigenvalue weighted by molar-refractivity contribution is 0.131. The lowest BCUT2D eigenvalue weighted by Crippen LogP contribution is -2.26. The zero-order valence-corrected chi connectivity index (χ0v) is 14.1. The Morgan fingerprint density at radius 2 is 1.94 bits per heavy atom. The van der Waals surface area contributed by atoms with Gasteiger partial charge in [-0.1, -0.05) is 35.7 Å². The Bertz CT molecular complexity index is 391. The summed E-state index contributed by atoms with van der Waals surface area (Å²) in [7, 11) is 0. The first kappa shape index (κ1) is 18.2. The molecule has 0 aromatic heterocycles. The van der Waals surface area contributed by atoms with E-state index in [0.717, 1.165) is 17.3 Å². The van der Waals surface area contributed by atoms with Crippen LogP contribution >= 0.6 is 44.3 Å². The third kappa shape index (κ3) is 4.70. The van der Waals surface area contributed by atoms with Gasteiger partial charge in [0.05, 0.1) is 16.6 Å². The lowest BCUT2D eigenvalue weighted by Gasteiger charge is -2.20. The molecule has 0 saturated heterocycles. The Labute approximate surface area is 130 Å². The first-order valence-corrected chi connectivity index (χ1v) is 7.17. The van der Waals surface area contributed by atoms with Gasteiger partial charge in [-0.15, -0.1) is 12.4 Å². The number of hydrogen-bond donors (Lipinski definition) is 3. The number of benzene rings is 1. The summed E-state index contributed by atoms with van der Waals surface area (Å²) < 4.78 is 1.38. The van der Waals surface area contributed by atoms with Gasteiger partial charge < -0.3 is 15.9 Å². The Balaban J connectivity index is 0.00000289. The molecule has 0 fully saturated rings. The largest absolute Gasteiger partial charge is 0.506 e. The van der Waals surface area contributed by atoms with Crippen LogP contribution in [0.2, 0.25) is 0 Å². The van der Waals surface area contributed by atoms with Gasteiger partial charge in [0.2, 0.25) is 0 Å². The van der Waals surface area contributed by atoms with Gasteiger partial charge in [-0.2, -0.15) is 0 Å². The molecule has 0 saturated carbocycles. The van der Waals surface area contributed by atoms with Crippen LogP contribution in [0.4, 0.5) is 0 Å². The van der Waals surface area contributed by atoms with Crippen molar-refractivity contribution >= 4 is 44.3 Å². The maximum atomic E-state index is 9.94. The molecule has 3 nitrogen and oxygen atoms in total. The van der Waals surface area contributed by atoms with E-state index in [0.29, 0.717) is 16.5 Å². The van der Waals surface area contributed by atoms with E-state index in [-0.39, 0.29) is 18.2 Å². The van der Waals surface area contributed by atoms with Gasteiger partial charge in [0.15, 0.2) is 0 Å². The highest BCUT2D eigenvalue weighted by molar-refractivity contribution is 9.11. The van der Waals surface area contributed by atoms with Crippen molar-refractivity contribution in [1.29, 1.82) is 0 Å². The Morgan fingerprint density at radius 1 is 1.33 bits per heavy atom. The number of aromatic hydroxyl groups is 1. The molecule has 104 valence electrons. The van der Waals surface area contributed by atoms with Gasteiger partial charge in [-0.05, 0) is 34.5 Å². The third-order valence-electron chi connectivity index (χ3n) is 2.68. The Morgan fingerprint density at radius 3 is 2.50 bits per heavy atom. The quantitative estimate of drug-likeness (QED) is 0.699. The van der Waals surface area contributed by atoms with Gasteiger partial charge in [0.1, 0.15) is 5.75 Å². The highest BCUT2D eigenvalue weighted by Crippen LogP contribution is 2.36. The van der Waals surface area contributed by atoms with Crippen LogP contribution in [0.3, 0.4) is 0 Å². The second-order valence-electron chi connectivity index (χ2n) is 4.06. The average Bonchev–Trinajstić information content (AvgIpc) is 2.29. The Hall–Kier alpha value is 0.190. The molecule has 1 aromatic carbocycles. The maximum Gasteiger partial charge on any atom is 0.134 e. The van der Waals surface area contributed by atoms with Crippen LogP contribution in [-0.2, 0) is 0 Å². The van der Waals surface area contributed by atoms with Crippen molar-refractivity contribution in [3.8, 4) is 5.75 Å². The van der Waals surface area contributed by atoms with E-state index in [4.69, 9.17) is 5.73 Å². The molecule has 1 aromatic rings. The van der Waals surface area contributed by atoms with Crippen molar-refractivity contribution in [2.45, 2.75) is 38.3 Å². The van der Waals surface area contributed by atoms with Crippen molar-refractivity contribution in [3.63, 3.8) is 0 Å². The maximum absolute atomic E-state index is 9.94. The molecule has 6 heteroatoms. The molecule has 2 atom stereocenters. The molecule has 0 unspecified atom stereocenters. The predicted octanol–water partition coefficient (Wildman–Crippen LogP) is 3.89. The Kier molecular flexibility index (Phi) is 8.47. The topological polar surface area (TPSA) is 66.5 Å². The molecule has 0 amide bonds. The van der Waals surface area contributed by atoms with Crippen molar-refractivity contribution in [2.75, 3.05) is 0 Å². The average molecular weight is 404 g/mol. The van der Waals surface area contributed by atoms with Gasteiger partial charge in [-0.3, -0.25) is 0 Å². The van der Waals surface area contributed by atoms with Crippen LogP contribution in [0, 0.1) is 0 Å². The molecule has 0 aliphatic rings. The SMILES string of the molecule is CCCC[C@@H](O)[C@@H](N)c1cc(Br)cc(Br)c1O.Cl. The fourth-order valence-electron chi connectivity index (χ4n) is 1.64. The molecule has 0 spiro atoms. The highest BCUT2D eigenvalue weighted by Gasteiger charge is 2.21. The fourth-order valence-corrected chi connectivity index (χ4v) is 2.90. The smallest absolute Gasteiger partial charge is 0.134 e. The molecule has 1 rings (SSSR count).